The Hall–Kier alpha value is -1.90. The number of nitrogens with one attached hydrogen (secondary N) is 1. The second-order valence-corrected chi connectivity index (χ2v) is 7.41. The minimum atomic E-state index is 0.0677. The molecule has 1 aliphatic carbocycles. The van der Waals surface area contributed by atoms with Crippen molar-refractivity contribution in [3.63, 3.8) is 0 Å². The molecule has 0 spiro atoms. The van der Waals surface area contributed by atoms with Crippen molar-refractivity contribution < 1.29 is 4.79 Å². The molecule has 1 N–H and O–H groups in total. The summed E-state index contributed by atoms with van der Waals surface area (Å²) in [5, 5.41) is 24.0. The fourth-order valence-corrected chi connectivity index (χ4v) is 3.86. The first-order chi connectivity index (χ1) is 11.7. The highest BCUT2D eigenvalue weighted by Crippen LogP contribution is 2.30. The second-order valence-electron chi connectivity index (χ2n) is 6.34. The molecule has 8 nitrogen and oxygen atoms in total. The lowest BCUT2D eigenvalue weighted by molar-refractivity contribution is -0.121. The smallest absolute Gasteiger partial charge is 0.229 e. The summed E-state index contributed by atoms with van der Waals surface area (Å²) in [5.41, 5.74) is 0. The molecule has 2 aromatic heterocycles. The fourth-order valence-electron chi connectivity index (χ4n) is 3.08. The lowest BCUT2D eigenvalue weighted by atomic mass is 9.81. The number of unbranched alkanes of at least 4 members (excludes halogenated alkanes) is 1. The van der Waals surface area contributed by atoms with Crippen molar-refractivity contribution in [3.8, 4) is 0 Å². The molecule has 2 aromatic rings. The zero-order valence-electron chi connectivity index (χ0n) is 13.9. The second kappa shape index (κ2) is 8.27. The van der Waals surface area contributed by atoms with Gasteiger partial charge in [0.15, 0.2) is 0 Å². The molecule has 130 valence electrons. The molecule has 0 unspecified atom stereocenters. The van der Waals surface area contributed by atoms with E-state index in [1.165, 1.54) is 11.3 Å². The largest absolute Gasteiger partial charge is 0.300 e. The number of hydrogen-bond acceptors (Lipinski definition) is 7. The fraction of sp³-hybridized carbons (Fsp3) is 0.733. The molecular formula is C15H23N7OS. The zero-order valence-corrected chi connectivity index (χ0v) is 14.7. The zero-order chi connectivity index (χ0) is 16.8. The average Bonchev–Trinajstić information content (AvgIpc) is 3.25. The number of amides is 1. The number of nitrogens with zero attached hydrogens (tertiary/aromatic N) is 6. The van der Waals surface area contributed by atoms with E-state index in [9.17, 15) is 4.79 Å². The summed E-state index contributed by atoms with van der Waals surface area (Å²) in [6.07, 6.45) is 8.67. The normalized spacial score (nSPS) is 20.9. The molecule has 0 atom stereocenters. The molecular weight excluding hydrogens is 326 g/mol. The number of carbonyl (C=O) groups is 1. The van der Waals surface area contributed by atoms with Crippen molar-refractivity contribution in [3.05, 3.63) is 11.3 Å². The van der Waals surface area contributed by atoms with Gasteiger partial charge in [-0.25, -0.2) is 4.68 Å². The van der Waals surface area contributed by atoms with Crippen LogP contribution in [0.2, 0.25) is 0 Å². The predicted octanol–water partition coefficient (Wildman–Crippen LogP) is 2.31. The van der Waals surface area contributed by atoms with Gasteiger partial charge in [-0.15, -0.1) is 15.3 Å². The first-order valence-corrected chi connectivity index (χ1v) is 9.40. The number of hydrogen-bond donors (Lipinski definition) is 1. The molecule has 0 aromatic carbocycles. The van der Waals surface area contributed by atoms with Crippen molar-refractivity contribution >= 4 is 22.4 Å². The van der Waals surface area contributed by atoms with Crippen molar-refractivity contribution in [2.45, 2.75) is 58.4 Å². The summed E-state index contributed by atoms with van der Waals surface area (Å²) >= 11 is 1.49. The van der Waals surface area contributed by atoms with Gasteiger partial charge in [0.25, 0.3) is 0 Å². The highest BCUT2D eigenvalue weighted by molar-refractivity contribution is 7.15. The van der Waals surface area contributed by atoms with Crippen molar-refractivity contribution in [2.24, 2.45) is 11.8 Å². The summed E-state index contributed by atoms with van der Waals surface area (Å²) in [7, 11) is 0. The van der Waals surface area contributed by atoms with Crippen LogP contribution in [0.15, 0.2) is 6.33 Å². The molecule has 9 heteroatoms. The molecule has 24 heavy (non-hydrogen) atoms. The van der Waals surface area contributed by atoms with E-state index in [2.05, 4.69) is 38.0 Å². The Morgan fingerprint density at radius 2 is 2.17 bits per heavy atom. The SMILES string of the molecule is CCCCc1nnc(NC(=O)C2CCC(Cn3cnnn3)CC2)s1. The molecule has 1 aliphatic rings. The standard InChI is InChI=1S/C15H23N7OS/c1-2-3-4-13-18-19-15(24-13)17-14(23)12-7-5-11(6-8-12)9-22-10-16-20-21-22/h10-12H,2-9H2,1H3,(H,17,19,23). The van der Waals surface area contributed by atoms with Crippen LogP contribution in [0.5, 0.6) is 0 Å². The highest BCUT2D eigenvalue weighted by Gasteiger charge is 2.27. The molecule has 0 radical (unpaired) electrons. The Balaban J connectivity index is 1.44. The molecule has 3 rings (SSSR count). The van der Waals surface area contributed by atoms with Crippen molar-refractivity contribution in [1.29, 1.82) is 0 Å². The summed E-state index contributed by atoms with van der Waals surface area (Å²) < 4.78 is 1.77. The van der Waals surface area contributed by atoms with E-state index in [0.29, 0.717) is 11.0 Å². The minimum Gasteiger partial charge on any atom is -0.300 e. The molecule has 0 saturated heterocycles. The van der Waals surface area contributed by atoms with Crippen LogP contribution in [-0.4, -0.2) is 36.3 Å². The van der Waals surface area contributed by atoms with E-state index in [1.54, 1.807) is 11.0 Å². The maximum absolute atomic E-state index is 12.4. The van der Waals surface area contributed by atoms with Gasteiger partial charge < -0.3 is 5.32 Å². The van der Waals surface area contributed by atoms with Gasteiger partial charge in [0.05, 0.1) is 0 Å². The predicted molar refractivity (Wildman–Crippen MR) is 90.4 cm³/mol. The van der Waals surface area contributed by atoms with Crippen LogP contribution < -0.4 is 5.32 Å². The van der Waals surface area contributed by atoms with Crippen LogP contribution >= 0.6 is 11.3 Å². The Labute approximate surface area is 145 Å². The Morgan fingerprint density at radius 3 is 2.88 bits per heavy atom. The first kappa shape index (κ1) is 16.9. The van der Waals surface area contributed by atoms with E-state index in [0.717, 1.165) is 56.5 Å². The van der Waals surface area contributed by atoms with Gasteiger partial charge in [-0.1, -0.05) is 24.7 Å². The van der Waals surface area contributed by atoms with Gasteiger partial charge in [0, 0.05) is 18.9 Å². The Kier molecular flexibility index (Phi) is 5.84. The van der Waals surface area contributed by atoms with Crippen LogP contribution in [0, 0.1) is 11.8 Å². The summed E-state index contributed by atoms with van der Waals surface area (Å²) in [6, 6.07) is 0. The summed E-state index contributed by atoms with van der Waals surface area (Å²) in [4.78, 5) is 12.4. The molecule has 1 amide bonds. The van der Waals surface area contributed by atoms with E-state index < -0.39 is 0 Å². The highest BCUT2D eigenvalue weighted by atomic mass is 32.1. The third-order valence-electron chi connectivity index (χ3n) is 4.50. The van der Waals surface area contributed by atoms with Gasteiger partial charge in [-0.2, -0.15) is 0 Å². The number of aromatic nitrogens is 6. The van der Waals surface area contributed by atoms with E-state index in [-0.39, 0.29) is 11.8 Å². The number of rotatable bonds is 7. The van der Waals surface area contributed by atoms with Gasteiger partial charge in [-0.05, 0) is 48.4 Å². The van der Waals surface area contributed by atoms with E-state index >= 15 is 0 Å². The third kappa shape index (κ3) is 4.56. The summed E-state index contributed by atoms with van der Waals surface area (Å²) in [5.74, 6) is 0.687. The molecule has 0 bridgehead atoms. The number of anilines is 1. The minimum absolute atomic E-state index is 0.0677. The number of tetrazole rings is 1. The van der Waals surface area contributed by atoms with Crippen molar-refractivity contribution in [2.75, 3.05) is 5.32 Å². The molecule has 1 fully saturated rings. The maximum atomic E-state index is 12.4. The third-order valence-corrected chi connectivity index (χ3v) is 5.39. The molecule has 1 saturated carbocycles. The number of carbonyl (C=O) groups excluding carboxylic acids is 1. The van der Waals surface area contributed by atoms with Crippen LogP contribution in [0.1, 0.15) is 50.5 Å². The van der Waals surface area contributed by atoms with Gasteiger partial charge in [-0.3, -0.25) is 4.79 Å². The quantitative estimate of drug-likeness (QED) is 0.823. The van der Waals surface area contributed by atoms with Gasteiger partial charge in [0.1, 0.15) is 11.3 Å². The first-order valence-electron chi connectivity index (χ1n) is 8.58. The lowest BCUT2D eigenvalue weighted by Gasteiger charge is -2.27. The number of aryl methyl sites for hydroxylation is 1. The van der Waals surface area contributed by atoms with Crippen LogP contribution in [0.3, 0.4) is 0 Å². The summed E-state index contributed by atoms with van der Waals surface area (Å²) in [6.45, 7) is 2.98. The molecule has 2 heterocycles. The van der Waals surface area contributed by atoms with Gasteiger partial charge in [0.2, 0.25) is 11.0 Å². The molecule has 0 aliphatic heterocycles. The Morgan fingerprint density at radius 1 is 1.33 bits per heavy atom. The van der Waals surface area contributed by atoms with Gasteiger partial charge >= 0.3 is 0 Å². The Bertz CT molecular complexity index is 634. The van der Waals surface area contributed by atoms with E-state index in [4.69, 9.17) is 0 Å². The van der Waals surface area contributed by atoms with Crippen LogP contribution in [0.25, 0.3) is 0 Å². The lowest BCUT2D eigenvalue weighted by Crippen LogP contribution is -2.28. The van der Waals surface area contributed by atoms with E-state index in [1.807, 2.05) is 0 Å². The monoisotopic (exact) mass is 349 g/mol. The maximum Gasteiger partial charge on any atom is 0.229 e. The average molecular weight is 349 g/mol. The van der Waals surface area contributed by atoms with Crippen molar-refractivity contribution in [1.82, 2.24) is 30.4 Å². The van der Waals surface area contributed by atoms with Crippen LogP contribution in [-0.2, 0) is 17.8 Å². The topological polar surface area (TPSA) is 98.5 Å². The van der Waals surface area contributed by atoms with Crippen LogP contribution in [0.4, 0.5) is 5.13 Å².